The SMILES string of the molecule is Cc1nc(C)n([C@@H]2CCCN(C(=O)[C@H]3C[C@H]3c3ccccc3)C2)n1. The Kier molecular flexibility index (Phi) is 3.87. The number of carbonyl (C=O) groups excluding carboxylic acids is 1. The molecule has 1 aromatic heterocycles. The Morgan fingerprint density at radius 3 is 2.71 bits per heavy atom. The zero-order valence-corrected chi connectivity index (χ0v) is 14.4. The van der Waals surface area contributed by atoms with Gasteiger partial charge in [-0.05, 0) is 44.6 Å². The molecule has 1 aliphatic heterocycles. The van der Waals surface area contributed by atoms with Crippen LogP contribution in [0, 0.1) is 19.8 Å². The molecular weight excluding hydrogens is 300 g/mol. The van der Waals surface area contributed by atoms with Gasteiger partial charge in [-0.25, -0.2) is 9.67 Å². The van der Waals surface area contributed by atoms with E-state index in [4.69, 9.17) is 0 Å². The van der Waals surface area contributed by atoms with E-state index in [-0.39, 0.29) is 12.0 Å². The van der Waals surface area contributed by atoms with Crippen LogP contribution in [0.2, 0.25) is 0 Å². The molecule has 1 aliphatic carbocycles. The van der Waals surface area contributed by atoms with Crippen LogP contribution in [0.3, 0.4) is 0 Å². The van der Waals surface area contributed by atoms with Crippen LogP contribution in [0.4, 0.5) is 0 Å². The van der Waals surface area contributed by atoms with Gasteiger partial charge in [-0.15, -0.1) is 0 Å². The monoisotopic (exact) mass is 324 g/mol. The lowest BCUT2D eigenvalue weighted by atomic mass is 10.0. The minimum absolute atomic E-state index is 0.171. The predicted octanol–water partition coefficient (Wildman–Crippen LogP) is 2.86. The highest BCUT2D eigenvalue weighted by atomic mass is 16.2. The van der Waals surface area contributed by atoms with E-state index < -0.39 is 0 Å². The number of rotatable bonds is 3. The van der Waals surface area contributed by atoms with E-state index in [1.807, 2.05) is 24.6 Å². The van der Waals surface area contributed by atoms with Gasteiger partial charge in [-0.3, -0.25) is 4.79 Å². The van der Waals surface area contributed by atoms with E-state index in [2.05, 4.69) is 39.2 Å². The van der Waals surface area contributed by atoms with Crippen molar-refractivity contribution in [2.75, 3.05) is 13.1 Å². The number of benzene rings is 1. The molecule has 2 aliphatic rings. The zero-order chi connectivity index (χ0) is 16.7. The van der Waals surface area contributed by atoms with Gasteiger partial charge in [0.2, 0.25) is 5.91 Å². The number of aromatic nitrogens is 3. The summed E-state index contributed by atoms with van der Waals surface area (Å²) in [6.45, 7) is 5.55. The number of nitrogens with zero attached hydrogens (tertiary/aromatic N) is 4. The number of carbonyl (C=O) groups is 1. The maximum atomic E-state index is 12.9. The number of likely N-dealkylation sites (tertiary alicyclic amines) is 1. The van der Waals surface area contributed by atoms with Gasteiger partial charge in [0.05, 0.1) is 6.04 Å². The van der Waals surface area contributed by atoms with Gasteiger partial charge in [-0.1, -0.05) is 30.3 Å². The fourth-order valence-electron chi connectivity index (χ4n) is 4.01. The number of amides is 1. The summed E-state index contributed by atoms with van der Waals surface area (Å²) in [6.07, 6.45) is 3.10. The van der Waals surface area contributed by atoms with Crippen molar-refractivity contribution >= 4 is 5.91 Å². The molecule has 126 valence electrons. The molecule has 1 amide bonds. The fourth-order valence-corrected chi connectivity index (χ4v) is 4.01. The summed E-state index contributed by atoms with van der Waals surface area (Å²) in [6, 6.07) is 10.7. The third kappa shape index (κ3) is 2.83. The van der Waals surface area contributed by atoms with Crippen molar-refractivity contribution in [3.05, 3.63) is 47.5 Å². The average Bonchev–Trinajstić information content (AvgIpc) is 3.33. The highest BCUT2D eigenvalue weighted by Gasteiger charge is 2.46. The van der Waals surface area contributed by atoms with Crippen LogP contribution in [0.25, 0.3) is 0 Å². The van der Waals surface area contributed by atoms with Crippen LogP contribution in [0.15, 0.2) is 30.3 Å². The van der Waals surface area contributed by atoms with Gasteiger partial charge in [0.15, 0.2) is 0 Å². The summed E-state index contributed by atoms with van der Waals surface area (Å²) < 4.78 is 2.01. The van der Waals surface area contributed by atoms with Crippen LogP contribution in [0.5, 0.6) is 0 Å². The molecule has 4 rings (SSSR count). The van der Waals surface area contributed by atoms with Crippen molar-refractivity contribution in [2.45, 2.75) is 45.1 Å². The van der Waals surface area contributed by atoms with Crippen LogP contribution in [0.1, 0.15) is 48.4 Å². The topological polar surface area (TPSA) is 51.0 Å². The molecule has 0 bridgehead atoms. The number of aryl methyl sites for hydroxylation is 2. The van der Waals surface area contributed by atoms with Gasteiger partial charge in [-0.2, -0.15) is 5.10 Å². The summed E-state index contributed by atoms with van der Waals surface area (Å²) >= 11 is 0. The second-order valence-electron chi connectivity index (χ2n) is 7.09. The van der Waals surface area contributed by atoms with Crippen molar-refractivity contribution < 1.29 is 4.79 Å². The van der Waals surface area contributed by atoms with Crippen molar-refractivity contribution in [1.29, 1.82) is 0 Å². The quantitative estimate of drug-likeness (QED) is 0.872. The van der Waals surface area contributed by atoms with Crippen LogP contribution in [-0.2, 0) is 4.79 Å². The van der Waals surface area contributed by atoms with Gasteiger partial charge in [0, 0.05) is 19.0 Å². The lowest BCUT2D eigenvalue weighted by Crippen LogP contribution is -2.42. The third-order valence-electron chi connectivity index (χ3n) is 5.30. The molecular formula is C19H24N4O. The van der Waals surface area contributed by atoms with E-state index in [9.17, 15) is 4.79 Å². The standard InChI is InChI=1S/C19H24N4O/c1-13-20-14(2)23(21-13)16-9-6-10-22(12-16)19(24)18-11-17(18)15-7-4-3-5-8-15/h3-5,7-8,16-18H,6,9-12H2,1-2H3/t16-,17+,18+/m1/s1. The first-order valence-electron chi connectivity index (χ1n) is 8.87. The second-order valence-corrected chi connectivity index (χ2v) is 7.09. The molecule has 2 fully saturated rings. The molecule has 3 atom stereocenters. The minimum Gasteiger partial charge on any atom is -0.340 e. The Morgan fingerprint density at radius 2 is 2.00 bits per heavy atom. The fraction of sp³-hybridized carbons (Fsp3) is 0.526. The van der Waals surface area contributed by atoms with E-state index >= 15 is 0 Å². The summed E-state index contributed by atoms with van der Waals surface area (Å²) in [5, 5.41) is 4.52. The third-order valence-corrected chi connectivity index (χ3v) is 5.30. The lowest BCUT2D eigenvalue weighted by molar-refractivity contribution is -0.134. The Bertz CT molecular complexity index is 739. The van der Waals surface area contributed by atoms with Gasteiger partial charge >= 0.3 is 0 Å². The molecule has 24 heavy (non-hydrogen) atoms. The normalized spacial score (nSPS) is 26.4. The highest BCUT2D eigenvalue weighted by Crippen LogP contribution is 2.48. The summed E-state index contributed by atoms with van der Waals surface area (Å²) in [5.41, 5.74) is 1.30. The molecule has 1 saturated heterocycles. The zero-order valence-electron chi connectivity index (χ0n) is 14.4. The first-order valence-corrected chi connectivity index (χ1v) is 8.87. The van der Waals surface area contributed by atoms with Gasteiger partial charge < -0.3 is 4.90 Å². The van der Waals surface area contributed by atoms with Crippen molar-refractivity contribution in [3.8, 4) is 0 Å². The first-order chi connectivity index (χ1) is 11.6. The molecule has 0 N–H and O–H groups in total. The van der Waals surface area contributed by atoms with Gasteiger partial charge in [0.1, 0.15) is 11.6 Å². The van der Waals surface area contributed by atoms with Crippen LogP contribution in [-0.4, -0.2) is 38.7 Å². The molecule has 2 heterocycles. The van der Waals surface area contributed by atoms with E-state index in [1.165, 1.54) is 5.56 Å². The van der Waals surface area contributed by atoms with E-state index in [0.29, 0.717) is 11.8 Å². The molecule has 0 spiro atoms. The number of hydrogen-bond donors (Lipinski definition) is 0. The largest absolute Gasteiger partial charge is 0.340 e. The van der Waals surface area contributed by atoms with Crippen molar-refractivity contribution in [3.63, 3.8) is 0 Å². The average molecular weight is 324 g/mol. The molecule has 1 saturated carbocycles. The van der Waals surface area contributed by atoms with Crippen LogP contribution >= 0.6 is 0 Å². The smallest absolute Gasteiger partial charge is 0.226 e. The van der Waals surface area contributed by atoms with Crippen molar-refractivity contribution in [1.82, 2.24) is 19.7 Å². The Labute approximate surface area is 142 Å². The van der Waals surface area contributed by atoms with E-state index in [1.54, 1.807) is 0 Å². The molecule has 0 radical (unpaired) electrons. The Balaban J connectivity index is 1.43. The highest BCUT2D eigenvalue weighted by molar-refractivity contribution is 5.83. The maximum Gasteiger partial charge on any atom is 0.226 e. The summed E-state index contributed by atoms with van der Waals surface area (Å²) in [4.78, 5) is 19.3. The molecule has 1 aromatic carbocycles. The Morgan fingerprint density at radius 1 is 1.21 bits per heavy atom. The number of piperidine rings is 1. The van der Waals surface area contributed by atoms with Crippen molar-refractivity contribution in [2.24, 2.45) is 5.92 Å². The minimum atomic E-state index is 0.171. The number of hydrogen-bond acceptors (Lipinski definition) is 3. The molecule has 5 nitrogen and oxygen atoms in total. The molecule has 0 unspecified atom stereocenters. The maximum absolute atomic E-state index is 12.9. The molecule has 2 aromatic rings. The summed E-state index contributed by atoms with van der Waals surface area (Å²) in [7, 11) is 0. The first kappa shape index (κ1) is 15.4. The Hall–Kier alpha value is -2.17. The predicted molar refractivity (Wildman–Crippen MR) is 91.6 cm³/mol. The van der Waals surface area contributed by atoms with Crippen LogP contribution < -0.4 is 0 Å². The van der Waals surface area contributed by atoms with Gasteiger partial charge in [0.25, 0.3) is 0 Å². The van der Waals surface area contributed by atoms with E-state index in [0.717, 1.165) is 44.0 Å². The second kappa shape index (κ2) is 6.04. The lowest BCUT2D eigenvalue weighted by Gasteiger charge is -2.33. The summed E-state index contributed by atoms with van der Waals surface area (Å²) in [5.74, 6) is 2.66. The molecule has 5 heteroatoms.